The maximum Gasteiger partial charge on any atom is 0.241 e. The minimum Gasteiger partial charge on any atom is -0.497 e. The molecule has 2 aliphatic rings. The number of hydrogen-bond donors (Lipinski definition) is 2. The third-order valence-electron chi connectivity index (χ3n) is 5.88. The second-order valence-electron chi connectivity index (χ2n) is 8.34. The summed E-state index contributed by atoms with van der Waals surface area (Å²) in [5, 5.41) is 6.76. The van der Waals surface area contributed by atoms with Gasteiger partial charge in [-0.1, -0.05) is 26.0 Å². The van der Waals surface area contributed by atoms with Crippen molar-refractivity contribution in [2.24, 2.45) is 16.3 Å². The molecule has 3 atom stereocenters. The second kappa shape index (κ2) is 9.97. The Hall–Kier alpha value is -1.55. The van der Waals surface area contributed by atoms with Crippen LogP contribution in [0.15, 0.2) is 29.3 Å². The smallest absolute Gasteiger partial charge is 0.241 e. The first kappa shape index (κ1) is 23.7. The van der Waals surface area contributed by atoms with Crippen molar-refractivity contribution >= 4 is 35.8 Å². The summed E-state index contributed by atoms with van der Waals surface area (Å²) < 4.78 is 11.1. The van der Waals surface area contributed by atoms with Crippen molar-refractivity contribution in [3.8, 4) is 5.75 Å². The van der Waals surface area contributed by atoms with Crippen LogP contribution in [-0.2, 0) is 16.1 Å². The highest BCUT2D eigenvalue weighted by atomic mass is 127. The van der Waals surface area contributed by atoms with E-state index in [1.807, 2.05) is 24.3 Å². The van der Waals surface area contributed by atoms with Crippen LogP contribution in [-0.4, -0.2) is 63.3 Å². The number of ether oxygens (including phenoxy) is 2. The number of nitrogens with one attached hydrogen (secondary N) is 2. The monoisotopic (exact) mass is 516 g/mol. The fourth-order valence-corrected chi connectivity index (χ4v) is 4.14. The summed E-state index contributed by atoms with van der Waals surface area (Å²) in [5.74, 6) is 1.99. The van der Waals surface area contributed by atoms with Gasteiger partial charge in [0.1, 0.15) is 5.75 Å². The molecule has 29 heavy (non-hydrogen) atoms. The van der Waals surface area contributed by atoms with E-state index in [-0.39, 0.29) is 47.9 Å². The Morgan fingerprint density at radius 3 is 2.62 bits per heavy atom. The number of hydrogen-bond acceptors (Lipinski definition) is 4. The van der Waals surface area contributed by atoms with E-state index in [9.17, 15) is 4.79 Å². The molecule has 8 heteroatoms. The normalized spacial score (nSPS) is 24.6. The molecule has 7 nitrogen and oxygen atoms in total. The number of aliphatic imine (C=N–C) groups is 1. The van der Waals surface area contributed by atoms with Gasteiger partial charge in [-0.05, 0) is 24.1 Å². The highest BCUT2D eigenvalue weighted by molar-refractivity contribution is 14.0. The summed E-state index contributed by atoms with van der Waals surface area (Å²) >= 11 is 0. The van der Waals surface area contributed by atoms with E-state index >= 15 is 0 Å². The Bertz CT molecular complexity index is 721. The number of carbonyl (C=O) groups excluding carboxylic acids is 1. The van der Waals surface area contributed by atoms with E-state index < -0.39 is 0 Å². The highest BCUT2D eigenvalue weighted by Gasteiger charge is 2.59. The molecule has 0 spiro atoms. The predicted molar refractivity (Wildman–Crippen MR) is 125 cm³/mol. The molecular formula is C21H33IN4O3. The molecule has 1 heterocycles. The number of amides is 1. The minimum atomic E-state index is 0. The quantitative estimate of drug-likeness (QED) is 0.345. The molecule has 1 saturated carbocycles. The SMILES string of the molecule is COc1ccc(CN=C(NCC(=O)N(C)C)NC2C3CCOC3C2(C)C)cc1.I. The molecule has 3 unspecified atom stereocenters. The van der Waals surface area contributed by atoms with Crippen molar-refractivity contribution < 1.29 is 14.3 Å². The van der Waals surface area contributed by atoms with Crippen LogP contribution < -0.4 is 15.4 Å². The zero-order chi connectivity index (χ0) is 20.3. The molecule has 0 aromatic heterocycles. The summed E-state index contributed by atoms with van der Waals surface area (Å²) in [7, 11) is 5.16. The maximum absolute atomic E-state index is 12.0. The maximum atomic E-state index is 12.0. The predicted octanol–water partition coefficient (Wildman–Crippen LogP) is 2.25. The first-order chi connectivity index (χ1) is 13.3. The van der Waals surface area contributed by atoms with Gasteiger partial charge < -0.3 is 25.0 Å². The number of benzene rings is 1. The van der Waals surface area contributed by atoms with E-state index in [0.717, 1.165) is 24.3 Å². The first-order valence-electron chi connectivity index (χ1n) is 9.82. The Balaban J connectivity index is 0.00000300. The fourth-order valence-electron chi connectivity index (χ4n) is 4.14. The lowest BCUT2D eigenvalue weighted by Crippen LogP contribution is -2.68. The molecule has 1 aromatic carbocycles. The molecule has 1 aliphatic carbocycles. The van der Waals surface area contributed by atoms with Gasteiger partial charge in [0.25, 0.3) is 0 Å². The van der Waals surface area contributed by atoms with Gasteiger partial charge in [-0.25, -0.2) is 4.99 Å². The van der Waals surface area contributed by atoms with Gasteiger partial charge in [-0.15, -0.1) is 24.0 Å². The summed E-state index contributed by atoms with van der Waals surface area (Å²) in [4.78, 5) is 18.3. The van der Waals surface area contributed by atoms with E-state index in [0.29, 0.717) is 24.5 Å². The Kier molecular flexibility index (Phi) is 8.16. The molecule has 1 saturated heterocycles. The summed E-state index contributed by atoms with van der Waals surface area (Å²) in [6.07, 6.45) is 1.37. The van der Waals surface area contributed by atoms with E-state index in [1.165, 1.54) is 0 Å². The molecule has 0 bridgehead atoms. The van der Waals surface area contributed by atoms with Crippen LogP contribution in [0.25, 0.3) is 0 Å². The Labute approximate surface area is 190 Å². The van der Waals surface area contributed by atoms with Crippen LogP contribution in [0, 0.1) is 11.3 Å². The number of likely N-dealkylation sites (N-methyl/N-ethyl adjacent to an activating group) is 1. The fraction of sp³-hybridized carbons (Fsp3) is 0.619. The average molecular weight is 516 g/mol. The van der Waals surface area contributed by atoms with Crippen molar-refractivity contribution in [2.45, 2.75) is 39.0 Å². The van der Waals surface area contributed by atoms with E-state index in [1.54, 1.807) is 26.1 Å². The molecule has 2 N–H and O–H groups in total. The number of methoxy groups -OCH3 is 1. The number of nitrogens with zero attached hydrogens (tertiary/aromatic N) is 2. The average Bonchev–Trinajstić information content (AvgIpc) is 3.14. The zero-order valence-electron chi connectivity index (χ0n) is 17.9. The van der Waals surface area contributed by atoms with Crippen LogP contribution in [0.3, 0.4) is 0 Å². The third-order valence-corrected chi connectivity index (χ3v) is 5.88. The van der Waals surface area contributed by atoms with Crippen LogP contribution in [0.4, 0.5) is 0 Å². The van der Waals surface area contributed by atoms with Gasteiger partial charge in [-0.2, -0.15) is 0 Å². The van der Waals surface area contributed by atoms with Gasteiger partial charge in [0.05, 0.1) is 26.3 Å². The summed E-state index contributed by atoms with van der Waals surface area (Å²) in [5.41, 5.74) is 1.12. The summed E-state index contributed by atoms with van der Waals surface area (Å²) in [6.45, 7) is 6.00. The van der Waals surface area contributed by atoms with Crippen LogP contribution in [0.1, 0.15) is 25.8 Å². The standard InChI is InChI=1S/C21H32N4O3.HI/c1-21(2)18(16-10-11-28-19(16)21)24-20(23-13-17(26)25(3)4)22-12-14-6-8-15(27-5)9-7-14;/h6-9,16,18-19H,10-13H2,1-5H3,(H2,22,23,24);1H. The number of carbonyl (C=O) groups is 1. The molecule has 1 aromatic rings. The van der Waals surface area contributed by atoms with Crippen molar-refractivity contribution in [3.63, 3.8) is 0 Å². The number of fused-ring (bicyclic) bond motifs is 1. The van der Waals surface area contributed by atoms with Crippen LogP contribution in [0.5, 0.6) is 5.75 Å². The first-order valence-corrected chi connectivity index (χ1v) is 9.82. The molecule has 3 rings (SSSR count). The largest absolute Gasteiger partial charge is 0.497 e. The summed E-state index contributed by atoms with van der Waals surface area (Å²) in [6, 6.07) is 8.13. The molecule has 2 fully saturated rings. The van der Waals surface area contributed by atoms with E-state index in [2.05, 4.69) is 24.5 Å². The lowest BCUT2D eigenvalue weighted by Gasteiger charge is -2.54. The van der Waals surface area contributed by atoms with E-state index in [4.69, 9.17) is 14.5 Å². The van der Waals surface area contributed by atoms with Crippen molar-refractivity contribution in [1.29, 1.82) is 0 Å². The molecule has 0 radical (unpaired) electrons. The van der Waals surface area contributed by atoms with Gasteiger partial charge in [0.15, 0.2) is 5.96 Å². The van der Waals surface area contributed by atoms with Crippen LogP contribution in [0.2, 0.25) is 0 Å². The van der Waals surface area contributed by atoms with Gasteiger partial charge in [0.2, 0.25) is 5.91 Å². The van der Waals surface area contributed by atoms with Gasteiger partial charge in [-0.3, -0.25) is 4.79 Å². The number of rotatable bonds is 6. The third kappa shape index (κ3) is 5.33. The molecule has 1 amide bonds. The van der Waals surface area contributed by atoms with Gasteiger partial charge >= 0.3 is 0 Å². The topological polar surface area (TPSA) is 75.2 Å². The second-order valence-corrected chi connectivity index (χ2v) is 8.34. The molecular weight excluding hydrogens is 483 g/mol. The zero-order valence-corrected chi connectivity index (χ0v) is 20.2. The molecule has 1 aliphatic heterocycles. The minimum absolute atomic E-state index is 0. The lowest BCUT2D eigenvalue weighted by molar-refractivity contribution is -0.127. The van der Waals surface area contributed by atoms with Crippen LogP contribution >= 0.6 is 24.0 Å². The number of guanidine groups is 1. The Morgan fingerprint density at radius 1 is 1.31 bits per heavy atom. The molecule has 162 valence electrons. The number of halogens is 1. The lowest BCUT2D eigenvalue weighted by atomic mass is 9.57. The van der Waals surface area contributed by atoms with Crippen molar-refractivity contribution in [1.82, 2.24) is 15.5 Å². The van der Waals surface area contributed by atoms with Crippen molar-refractivity contribution in [2.75, 3.05) is 34.4 Å². The Morgan fingerprint density at radius 2 is 2.00 bits per heavy atom. The van der Waals surface area contributed by atoms with Crippen molar-refractivity contribution in [3.05, 3.63) is 29.8 Å². The highest BCUT2D eigenvalue weighted by Crippen LogP contribution is 2.52. The van der Waals surface area contributed by atoms with Gasteiger partial charge in [0, 0.05) is 38.1 Å².